The molecule has 1 aliphatic heterocycles. The van der Waals surface area contributed by atoms with Gasteiger partial charge in [0.05, 0.1) is 10.7 Å². The first-order valence-corrected chi connectivity index (χ1v) is 11.1. The lowest BCUT2D eigenvalue weighted by molar-refractivity contribution is -0.127. The fourth-order valence-corrected chi connectivity index (χ4v) is 4.87. The Kier molecular flexibility index (Phi) is 6.05. The SMILES string of the molecule is O=C(NCCc1csc(C2CCN(C(=O)c3ccccc3)CC2)n1)C1CCC1. The molecule has 2 amide bonds. The summed E-state index contributed by atoms with van der Waals surface area (Å²) in [5.74, 6) is 1.01. The summed E-state index contributed by atoms with van der Waals surface area (Å²) < 4.78 is 0. The number of carbonyl (C=O) groups excluding carboxylic acids is 2. The standard InChI is InChI=1S/C22H27N3O2S/c26-20(16-7-4-8-16)23-12-9-19-15-28-21(24-19)17-10-13-25(14-11-17)22(27)18-5-2-1-3-6-18/h1-3,5-6,15-17H,4,7-14H2,(H,23,26). The van der Waals surface area contributed by atoms with Gasteiger partial charge >= 0.3 is 0 Å². The molecule has 0 unspecified atom stereocenters. The minimum absolute atomic E-state index is 0.126. The van der Waals surface area contributed by atoms with E-state index in [-0.39, 0.29) is 17.7 Å². The topological polar surface area (TPSA) is 62.3 Å². The minimum atomic E-state index is 0.126. The molecule has 5 nitrogen and oxygen atoms in total. The van der Waals surface area contributed by atoms with Crippen LogP contribution in [-0.4, -0.2) is 41.3 Å². The number of thiazole rings is 1. The van der Waals surface area contributed by atoms with E-state index in [0.717, 1.165) is 56.5 Å². The lowest BCUT2D eigenvalue weighted by Crippen LogP contribution is -2.37. The molecule has 2 fully saturated rings. The third-order valence-corrected chi connectivity index (χ3v) is 6.93. The lowest BCUT2D eigenvalue weighted by atomic mass is 9.85. The number of hydrogen-bond acceptors (Lipinski definition) is 4. The van der Waals surface area contributed by atoms with Crippen molar-refractivity contribution in [1.29, 1.82) is 0 Å². The van der Waals surface area contributed by atoms with Crippen LogP contribution in [0.15, 0.2) is 35.7 Å². The average Bonchev–Trinajstić information content (AvgIpc) is 3.16. The third kappa shape index (κ3) is 4.43. The zero-order chi connectivity index (χ0) is 19.3. The van der Waals surface area contributed by atoms with E-state index in [1.807, 2.05) is 35.2 Å². The van der Waals surface area contributed by atoms with Crippen molar-refractivity contribution < 1.29 is 9.59 Å². The molecule has 0 radical (unpaired) electrons. The van der Waals surface area contributed by atoms with Crippen molar-refractivity contribution in [3.8, 4) is 0 Å². The normalized spacial score (nSPS) is 17.9. The molecule has 1 saturated heterocycles. The van der Waals surface area contributed by atoms with Crippen molar-refractivity contribution in [2.45, 2.75) is 44.4 Å². The highest BCUT2D eigenvalue weighted by atomic mass is 32.1. The summed E-state index contributed by atoms with van der Waals surface area (Å²) in [5.41, 5.74) is 1.83. The zero-order valence-electron chi connectivity index (χ0n) is 16.1. The third-order valence-electron chi connectivity index (χ3n) is 5.88. The van der Waals surface area contributed by atoms with E-state index in [9.17, 15) is 9.59 Å². The Balaban J connectivity index is 1.24. The largest absolute Gasteiger partial charge is 0.355 e. The molecule has 148 valence electrons. The highest BCUT2D eigenvalue weighted by molar-refractivity contribution is 7.09. The number of carbonyl (C=O) groups is 2. The molecular formula is C22H27N3O2S. The average molecular weight is 398 g/mol. The van der Waals surface area contributed by atoms with Crippen LogP contribution in [-0.2, 0) is 11.2 Å². The van der Waals surface area contributed by atoms with Crippen LogP contribution in [0.1, 0.15) is 59.1 Å². The summed E-state index contributed by atoms with van der Waals surface area (Å²) in [6.07, 6.45) is 5.98. The molecule has 4 rings (SSSR count). The van der Waals surface area contributed by atoms with Crippen molar-refractivity contribution in [1.82, 2.24) is 15.2 Å². The summed E-state index contributed by atoms with van der Waals surface area (Å²) in [6.45, 7) is 2.23. The second-order valence-electron chi connectivity index (χ2n) is 7.78. The van der Waals surface area contributed by atoms with Crippen LogP contribution in [0.25, 0.3) is 0 Å². The smallest absolute Gasteiger partial charge is 0.253 e. The van der Waals surface area contributed by atoms with E-state index < -0.39 is 0 Å². The van der Waals surface area contributed by atoms with Gasteiger partial charge in [0.15, 0.2) is 0 Å². The van der Waals surface area contributed by atoms with Crippen LogP contribution in [0.2, 0.25) is 0 Å². The van der Waals surface area contributed by atoms with Crippen LogP contribution in [0.3, 0.4) is 0 Å². The van der Waals surface area contributed by atoms with E-state index in [0.29, 0.717) is 12.5 Å². The molecule has 0 atom stereocenters. The van der Waals surface area contributed by atoms with E-state index in [2.05, 4.69) is 10.7 Å². The summed E-state index contributed by atoms with van der Waals surface area (Å²) in [6, 6.07) is 9.51. The number of hydrogen-bond donors (Lipinski definition) is 1. The molecule has 1 aliphatic carbocycles. The number of likely N-dealkylation sites (tertiary alicyclic amines) is 1. The van der Waals surface area contributed by atoms with Gasteiger partial charge < -0.3 is 10.2 Å². The van der Waals surface area contributed by atoms with Gasteiger partial charge in [-0.3, -0.25) is 9.59 Å². The summed E-state index contributed by atoms with van der Waals surface area (Å²) >= 11 is 1.72. The molecular weight excluding hydrogens is 370 g/mol. The minimum Gasteiger partial charge on any atom is -0.355 e. The number of nitrogens with one attached hydrogen (secondary N) is 1. The highest BCUT2D eigenvalue weighted by Gasteiger charge is 2.27. The molecule has 1 aromatic carbocycles. The molecule has 2 aromatic rings. The molecule has 2 heterocycles. The Morgan fingerprint density at radius 2 is 1.86 bits per heavy atom. The molecule has 1 aromatic heterocycles. The van der Waals surface area contributed by atoms with Crippen LogP contribution in [0, 0.1) is 5.92 Å². The molecule has 0 spiro atoms. The van der Waals surface area contributed by atoms with Gasteiger partial charge in [-0.05, 0) is 37.8 Å². The maximum absolute atomic E-state index is 12.6. The Morgan fingerprint density at radius 1 is 1.11 bits per heavy atom. The maximum Gasteiger partial charge on any atom is 0.253 e. The maximum atomic E-state index is 12.6. The van der Waals surface area contributed by atoms with Crippen molar-refractivity contribution >= 4 is 23.2 Å². The van der Waals surface area contributed by atoms with Crippen molar-refractivity contribution in [3.63, 3.8) is 0 Å². The quantitative estimate of drug-likeness (QED) is 0.810. The fraction of sp³-hybridized carbons (Fsp3) is 0.500. The molecule has 6 heteroatoms. The molecule has 0 bridgehead atoms. The summed E-state index contributed by atoms with van der Waals surface area (Å²) in [4.78, 5) is 31.2. The summed E-state index contributed by atoms with van der Waals surface area (Å²) in [7, 11) is 0. The van der Waals surface area contributed by atoms with E-state index in [1.54, 1.807) is 11.3 Å². The van der Waals surface area contributed by atoms with Gasteiger partial charge in [0.2, 0.25) is 5.91 Å². The Bertz CT molecular complexity index is 808. The first-order chi connectivity index (χ1) is 13.7. The highest BCUT2D eigenvalue weighted by Crippen LogP contribution is 2.31. The second kappa shape index (κ2) is 8.86. The number of amides is 2. The summed E-state index contributed by atoms with van der Waals surface area (Å²) in [5, 5.41) is 6.33. The van der Waals surface area contributed by atoms with Crippen LogP contribution >= 0.6 is 11.3 Å². The zero-order valence-corrected chi connectivity index (χ0v) is 16.9. The van der Waals surface area contributed by atoms with Crippen molar-refractivity contribution in [2.75, 3.05) is 19.6 Å². The fourth-order valence-electron chi connectivity index (χ4n) is 3.85. The van der Waals surface area contributed by atoms with E-state index in [1.165, 1.54) is 11.4 Å². The monoisotopic (exact) mass is 397 g/mol. The Hall–Kier alpha value is -2.21. The first-order valence-electron chi connectivity index (χ1n) is 10.3. The Labute approximate surface area is 170 Å². The predicted octanol–water partition coefficient (Wildman–Crippen LogP) is 3.62. The molecule has 1 saturated carbocycles. The van der Waals surface area contributed by atoms with Gasteiger partial charge in [-0.1, -0.05) is 24.6 Å². The molecule has 1 N–H and O–H groups in total. The molecule has 28 heavy (non-hydrogen) atoms. The number of benzene rings is 1. The first kappa shape index (κ1) is 19.1. The predicted molar refractivity (Wildman–Crippen MR) is 110 cm³/mol. The van der Waals surface area contributed by atoms with Gasteiger partial charge in [0, 0.05) is 48.8 Å². The Morgan fingerprint density at radius 3 is 2.54 bits per heavy atom. The van der Waals surface area contributed by atoms with Crippen LogP contribution in [0.4, 0.5) is 0 Å². The van der Waals surface area contributed by atoms with Gasteiger partial charge in [0.25, 0.3) is 5.91 Å². The van der Waals surface area contributed by atoms with E-state index in [4.69, 9.17) is 4.98 Å². The molecule has 2 aliphatic rings. The van der Waals surface area contributed by atoms with Crippen LogP contribution in [0.5, 0.6) is 0 Å². The number of rotatable bonds is 6. The lowest BCUT2D eigenvalue weighted by Gasteiger charge is -2.31. The van der Waals surface area contributed by atoms with Gasteiger partial charge in [-0.15, -0.1) is 11.3 Å². The van der Waals surface area contributed by atoms with Crippen LogP contribution < -0.4 is 5.32 Å². The van der Waals surface area contributed by atoms with Crippen molar-refractivity contribution in [2.24, 2.45) is 5.92 Å². The number of aromatic nitrogens is 1. The van der Waals surface area contributed by atoms with Crippen molar-refractivity contribution in [3.05, 3.63) is 52.0 Å². The van der Waals surface area contributed by atoms with E-state index >= 15 is 0 Å². The second-order valence-corrected chi connectivity index (χ2v) is 8.67. The number of nitrogens with zero attached hydrogens (tertiary/aromatic N) is 2. The van der Waals surface area contributed by atoms with Gasteiger partial charge in [-0.2, -0.15) is 0 Å². The number of piperidine rings is 1. The van der Waals surface area contributed by atoms with Gasteiger partial charge in [-0.25, -0.2) is 4.98 Å². The van der Waals surface area contributed by atoms with Gasteiger partial charge in [0.1, 0.15) is 0 Å².